The van der Waals surface area contributed by atoms with Gasteiger partial charge in [-0.25, -0.2) is 0 Å². The van der Waals surface area contributed by atoms with E-state index in [0.29, 0.717) is 27.1 Å². The van der Waals surface area contributed by atoms with Crippen LogP contribution in [0, 0.1) is 18.3 Å². The molecule has 2 aliphatic rings. The molecule has 32 heavy (non-hydrogen) atoms. The van der Waals surface area contributed by atoms with Gasteiger partial charge in [-0.2, -0.15) is 5.26 Å². The van der Waals surface area contributed by atoms with E-state index in [1.807, 2.05) is 6.92 Å². The number of carbonyl (C=O) groups is 1. The Bertz CT molecular complexity index is 1190. The van der Waals surface area contributed by atoms with E-state index in [0.717, 1.165) is 43.7 Å². The summed E-state index contributed by atoms with van der Waals surface area (Å²) in [6.07, 6.45) is 6.60. The molecule has 2 aromatic heterocycles. The summed E-state index contributed by atoms with van der Waals surface area (Å²) in [5, 5.41) is 9.68. The SMILES string of the molecule is CCn1c(N2CCCCC2)c(/C=C2\SC(=S)N(Cc3ccco3)C2=O)c(C)c(C#N)c1=O. The minimum absolute atomic E-state index is 0.116. The van der Waals surface area contributed by atoms with Crippen molar-refractivity contribution in [2.45, 2.75) is 46.2 Å². The van der Waals surface area contributed by atoms with Crippen LogP contribution in [0.25, 0.3) is 6.08 Å². The molecule has 0 N–H and O–H groups in total. The van der Waals surface area contributed by atoms with Crippen LogP contribution in [0.4, 0.5) is 5.82 Å². The predicted molar refractivity (Wildman–Crippen MR) is 129 cm³/mol. The summed E-state index contributed by atoms with van der Waals surface area (Å²) >= 11 is 6.69. The molecule has 0 radical (unpaired) electrons. The van der Waals surface area contributed by atoms with Crippen molar-refractivity contribution >= 4 is 46.1 Å². The molecule has 2 aromatic rings. The minimum Gasteiger partial charge on any atom is -0.467 e. The highest BCUT2D eigenvalue weighted by Crippen LogP contribution is 2.37. The van der Waals surface area contributed by atoms with E-state index in [-0.39, 0.29) is 23.6 Å². The van der Waals surface area contributed by atoms with Crippen molar-refractivity contribution in [3.05, 3.63) is 56.1 Å². The standard InChI is InChI=1S/C23H24N4O3S2/c1-3-26-20(25-9-5-4-6-10-25)17(15(2)18(13-24)21(26)28)12-19-22(29)27(23(31)32-19)14-16-8-7-11-30-16/h7-8,11-12H,3-6,9-10,14H2,1-2H3/b19-12-. The number of pyridine rings is 1. The van der Waals surface area contributed by atoms with Crippen LogP contribution in [0.2, 0.25) is 0 Å². The zero-order valence-corrected chi connectivity index (χ0v) is 19.7. The summed E-state index contributed by atoms with van der Waals surface area (Å²) in [6, 6.07) is 5.65. The first-order valence-electron chi connectivity index (χ1n) is 10.7. The van der Waals surface area contributed by atoms with Crippen LogP contribution in [0.1, 0.15) is 48.6 Å². The Hall–Kier alpha value is -2.83. The minimum atomic E-state index is -0.282. The van der Waals surface area contributed by atoms with Crippen LogP contribution >= 0.6 is 24.0 Å². The van der Waals surface area contributed by atoms with Crippen molar-refractivity contribution in [1.29, 1.82) is 5.26 Å². The van der Waals surface area contributed by atoms with E-state index < -0.39 is 0 Å². The average molecular weight is 469 g/mol. The first-order valence-corrected chi connectivity index (χ1v) is 11.9. The van der Waals surface area contributed by atoms with Gasteiger partial charge in [0.25, 0.3) is 11.5 Å². The molecule has 0 spiro atoms. The second-order valence-corrected chi connectivity index (χ2v) is 9.47. The van der Waals surface area contributed by atoms with Gasteiger partial charge in [-0.1, -0.05) is 24.0 Å². The number of nitriles is 1. The second-order valence-electron chi connectivity index (χ2n) is 7.79. The number of hydrogen-bond donors (Lipinski definition) is 0. The third-order valence-corrected chi connectivity index (χ3v) is 7.24. The Morgan fingerprint density at radius 2 is 2.03 bits per heavy atom. The molecule has 0 unspecified atom stereocenters. The highest BCUT2D eigenvalue weighted by Gasteiger charge is 2.34. The molecular formula is C23H24N4O3S2. The third kappa shape index (κ3) is 4.00. The molecule has 2 aliphatic heterocycles. The van der Waals surface area contributed by atoms with E-state index in [2.05, 4.69) is 11.0 Å². The lowest BCUT2D eigenvalue weighted by molar-refractivity contribution is -0.122. The van der Waals surface area contributed by atoms with Gasteiger partial charge in [-0.3, -0.25) is 19.1 Å². The maximum Gasteiger partial charge on any atom is 0.270 e. The second kappa shape index (κ2) is 9.35. The van der Waals surface area contributed by atoms with Gasteiger partial charge in [-0.15, -0.1) is 0 Å². The maximum atomic E-state index is 13.2. The molecular weight excluding hydrogens is 444 g/mol. The largest absolute Gasteiger partial charge is 0.467 e. The van der Waals surface area contributed by atoms with Crippen molar-refractivity contribution in [2.24, 2.45) is 0 Å². The van der Waals surface area contributed by atoms with E-state index in [9.17, 15) is 14.9 Å². The first-order chi connectivity index (χ1) is 15.5. The quantitative estimate of drug-likeness (QED) is 0.484. The summed E-state index contributed by atoms with van der Waals surface area (Å²) in [7, 11) is 0. The number of nitrogens with zero attached hydrogens (tertiary/aromatic N) is 4. The highest BCUT2D eigenvalue weighted by atomic mass is 32.2. The Kier molecular flexibility index (Phi) is 6.53. The lowest BCUT2D eigenvalue weighted by atomic mass is 10.0. The Morgan fingerprint density at radius 3 is 2.66 bits per heavy atom. The van der Waals surface area contributed by atoms with Crippen molar-refractivity contribution < 1.29 is 9.21 Å². The van der Waals surface area contributed by atoms with Crippen LogP contribution < -0.4 is 10.5 Å². The maximum absolute atomic E-state index is 13.2. The highest BCUT2D eigenvalue weighted by molar-refractivity contribution is 8.26. The fraction of sp³-hybridized carbons (Fsp3) is 0.391. The number of aromatic nitrogens is 1. The average Bonchev–Trinajstić information content (AvgIpc) is 3.40. The van der Waals surface area contributed by atoms with Crippen LogP contribution in [-0.2, 0) is 17.9 Å². The van der Waals surface area contributed by atoms with Gasteiger partial charge < -0.3 is 9.32 Å². The zero-order chi connectivity index (χ0) is 22.8. The third-order valence-electron chi connectivity index (χ3n) is 5.86. The molecule has 1 amide bonds. The molecule has 0 bridgehead atoms. The van der Waals surface area contributed by atoms with Crippen molar-refractivity contribution in [1.82, 2.24) is 9.47 Å². The van der Waals surface area contributed by atoms with E-state index >= 15 is 0 Å². The van der Waals surface area contributed by atoms with Gasteiger partial charge in [0.1, 0.15) is 27.5 Å². The number of amides is 1. The smallest absolute Gasteiger partial charge is 0.270 e. The van der Waals surface area contributed by atoms with Gasteiger partial charge in [0, 0.05) is 25.2 Å². The number of rotatable bonds is 5. The van der Waals surface area contributed by atoms with Crippen LogP contribution in [0.5, 0.6) is 0 Å². The number of anilines is 1. The van der Waals surface area contributed by atoms with E-state index in [1.165, 1.54) is 16.7 Å². The van der Waals surface area contributed by atoms with Crippen molar-refractivity contribution in [3.63, 3.8) is 0 Å². The Morgan fingerprint density at radius 1 is 1.28 bits per heavy atom. The molecule has 7 nitrogen and oxygen atoms in total. The summed E-state index contributed by atoms with van der Waals surface area (Å²) < 4.78 is 7.49. The molecule has 4 heterocycles. The summed E-state index contributed by atoms with van der Waals surface area (Å²) in [5.41, 5.74) is 1.17. The first kappa shape index (κ1) is 22.4. The Balaban J connectivity index is 1.83. The van der Waals surface area contributed by atoms with E-state index in [4.69, 9.17) is 16.6 Å². The van der Waals surface area contributed by atoms with Crippen LogP contribution in [0.15, 0.2) is 32.5 Å². The van der Waals surface area contributed by atoms with Gasteiger partial charge in [0.05, 0.1) is 17.7 Å². The van der Waals surface area contributed by atoms with E-state index in [1.54, 1.807) is 36.0 Å². The van der Waals surface area contributed by atoms with Crippen LogP contribution in [0.3, 0.4) is 0 Å². The van der Waals surface area contributed by atoms with Gasteiger partial charge in [-0.05, 0) is 56.9 Å². The van der Waals surface area contributed by atoms with Gasteiger partial charge in [0.15, 0.2) is 0 Å². The van der Waals surface area contributed by atoms with Crippen LogP contribution in [-0.4, -0.2) is 32.8 Å². The molecule has 166 valence electrons. The molecule has 9 heteroatoms. The number of furan rings is 1. The Labute approximate surface area is 196 Å². The lowest BCUT2D eigenvalue weighted by Crippen LogP contribution is -2.37. The molecule has 4 rings (SSSR count). The summed E-state index contributed by atoms with van der Waals surface area (Å²) in [4.78, 5) is 30.4. The monoisotopic (exact) mass is 468 g/mol. The fourth-order valence-corrected chi connectivity index (χ4v) is 5.45. The lowest BCUT2D eigenvalue weighted by Gasteiger charge is -2.33. The summed E-state index contributed by atoms with van der Waals surface area (Å²) in [5.74, 6) is 1.23. The number of piperidine rings is 1. The van der Waals surface area contributed by atoms with Crippen molar-refractivity contribution in [2.75, 3.05) is 18.0 Å². The van der Waals surface area contributed by atoms with Gasteiger partial charge in [0.2, 0.25) is 0 Å². The fourth-order valence-electron chi connectivity index (χ4n) is 4.21. The number of hydrogen-bond acceptors (Lipinski definition) is 7. The molecule has 0 aliphatic carbocycles. The number of carbonyl (C=O) groups excluding carboxylic acids is 1. The molecule has 2 saturated heterocycles. The molecule has 0 saturated carbocycles. The number of thioether (sulfide) groups is 1. The topological polar surface area (TPSA) is 82.5 Å². The predicted octanol–water partition coefficient (Wildman–Crippen LogP) is 4.03. The summed E-state index contributed by atoms with van der Waals surface area (Å²) in [6.45, 7) is 6.07. The normalized spacial score (nSPS) is 18.0. The zero-order valence-electron chi connectivity index (χ0n) is 18.1. The van der Waals surface area contributed by atoms with Gasteiger partial charge >= 0.3 is 0 Å². The molecule has 2 fully saturated rings. The number of thiocarbonyl (C=S) groups is 1. The molecule has 0 atom stereocenters. The molecule has 0 aromatic carbocycles. The van der Waals surface area contributed by atoms with Crippen molar-refractivity contribution in [3.8, 4) is 6.07 Å².